The highest BCUT2D eigenvalue weighted by molar-refractivity contribution is 5.95. The fourth-order valence-electron chi connectivity index (χ4n) is 3.92. The zero-order valence-corrected chi connectivity index (χ0v) is 16.2. The number of hydrogen-bond donors (Lipinski definition) is 1. The maximum absolute atomic E-state index is 13.3. The van der Waals surface area contributed by atoms with Crippen LogP contribution in [0.2, 0.25) is 0 Å². The quantitative estimate of drug-likeness (QED) is 0.748. The molecule has 4 rings (SSSR count). The second-order valence-corrected chi connectivity index (χ2v) is 7.28. The lowest BCUT2D eigenvalue weighted by Crippen LogP contribution is -2.39. The number of likely N-dealkylation sites (tertiary alicyclic amines) is 1. The van der Waals surface area contributed by atoms with Gasteiger partial charge in [0.05, 0.1) is 17.5 Å². The van der Waals surface area contributed by atoms with Gasteiger partial charge in [-0.2, -0.15) is 10.2 Å². The van der Waals surface area contributed by atoms with Gasteiger partial charge in [0.1, 0.15) is 5.82 Å². The second kappa shape index (κ2) is 7.58. The minimum absolute atomic E-state index is 0.0322. The third kappa shape index (κ3) is 3.44. The molecule has 1 saturated heterocycles. The van der Waals surface area contributed by atoms with Gasteiger partial charge in [0, 0.05) is 43.0 Å². The van der Waals surface area contributed by atoms with Crippen LogP contribution in [0.3, 0.4) is 0 Å². The van der Waals surface area contributed by atoms with E-state index >= 15 is 0 Å². The van der Waals surface area contributed by atoms with Crippen molar-refractivity contribution >= 4 is 5.91 Å². The van der Waals surface area contributed by atoms with Gasteiger partial charge in [0.15, 0.2) is 0 Å². The summed E-state index contributed by atoms with van der Waals surface area (Å²) in [7, 11) is 0. The molecule has 0 aliphatic carbocycles. The maximum Gasteiger partial charge on any atom is 0.257 e. The maximum atomic E-state index is 13.3. The van der Waals surface area contributed by atoms with E-state index in [-0.39, 0.29) is 17.6 Å². The number of aryl methyl sites for hydroxylation is 2. The van der Waals surface area contributed by atoms with E-state index in [0.29, 0.717) is 12.1 Å². The number of carbonyl (C=O) groups excluding carboxylic acids is 1. The van der Waals surface area contributed by atoms with Crippen molar-refractivity contribution in [2.45, 2.75) is 39.2 Å². The van der Waals surface area contributed by atoms with E-state index in [1.807, 2.05) is 24.9 Å². The van der Waals surface area contributed by atoms with E-state index in [2.05, 4.69) is 15.3 Å². The molecule has 2 aromatic heterocycles. The summed E-state index contributed by atoms with van der Waals surface area (Å²) in [6.07, 6.45) is 5.52. The lowest BCUT2D eigenvalue weighted by atomic mass is 9.90. The summed E-state index contributed by atoms with van der Waals surface area (Å²) in [5.74, 6) is -0.0576. The summed E-state index contributed by atoms with van der Waals surface area (Å²) in [5.41, 5.74) is 4.33. The first-order valence-electron chi connectivity index (χ1n) is 9.69. The smallest absolute Gasteiger partial charge is 0.257 e. The normalized spacial score (nSPS) is 17.1. The van der Waals surface area contributed by atoms with Crippen LogP contribution in [0, 0.1) is 12.7 Å². The molecular formula is C21H24FN5O. The van der Waals surface area contributed by atoms with Gasteiger partial charge in [-0.05, 0) is 44.4 Å². The minimum atomic E-state index is -0.258. The molecule has 0 radical (unpaired) electrons. The third-order valence-electron chi connectivity index (χ3n) is 5.44. The molecule has 1 aliphatic heterocycles. The minimum Gasteiger partial charge on any atom is -0.338 e. The van der Waals surface area contributed by atoms with Gasteiger partial charge in [0.2, 0.25) is 0 Å². The first kappa shape index (κ1) is 18.4. The van der Waals surface area contributed by atoms with Gasteiger partial charge in [0.25, 0.3) is 5.91 Å². The number of benzene rings is 1. The van der Waals surface area contributed by atoms with E-state index in [0.717, 1.165) is 48.4 Å². The average Bonchev–Trinajstić information content (AvgIpc) is 3.35. The van der Waals surface area contributed by atoms with Crippen LogP contribution in [-0.4, -0.2) is 43.9 Å². The highest BCUT2D eigenvalue weighted by Gasteiger charge is 2.29. The number of aromatic amines is 1. The van der Waals surface area contributed by atoms with Crippen molar-refractivity contribution in [3.63, 3.8) is 0 Å². The standard InChI is InChI=1S/C21H24FN5O/c1-3-27-13-19(14(2)25-27)21(28)26-10-4-5-16(12-26)20-18(11-23-24-20)15-6-8-17(22)9-7-15/h6-9,11,13,16H,3-5,10,12H2,1-2H3,(H,23,24). The molecule has 6 nitrogen and oxygen atoms in total. The highest BCUT2D eigenvalue weighted by Crippen LogP contribution is 2.33. The average molecular weight is 381 g/mol. The molecule has 1 atom stereocenters. The van der Waals surface area contributed by atoms with Gasteiger partial charge in [-0.1, -0.05) is 12.1 Å². The Morgan fingerprint density at radius 1 is 1.32 bits per heavy atom. The van der Waals surface area contributed by atoms with Crippen molar-refractivity contribution in [1.82, 2.24) is 24.9 Å². The summed E-state index contributed by atoms with van der Waals surface area (Å²) in [6.45, 7) is 6.00. The van der Waals surface area contributed by atoms with Crippen LogP contribution in [0.25, 0.3) is 11.1 Å². The predicted octanol–water partition coefficient (Wildman–Crippen LogP) is 3.76. The third-order valence-corrected chi connectivity index (χ3v) is 5.44. The Labute approximate surface area is 163 Å². The van der Waals surface area contributed by atoms with Crippen molar-refractivity contribution in [2.75, 3.05) is 13.1 Å². The van der Waals surface area contributed by atoms with Crippen LogP contribution in [-0.2, 0) is 6.54 Å². The molecule has 146 valence electrons. The van der Waals surface area contributed by atoms with Crippen LogP contribution in [0.15, 0.2) is 36.7 Å². The van der Waals surface area contributed by atoms with Crippen LogP contribution in [0.1, 0.15) is 47.4 Å². The summed E-state index contributed by atoms with van der Waals surface area (Å²) >= 11 is 0. The van der Waals surface area contributed by atoms with E-state index in [1.165, 1.54) is 12.1 Å². The summed E-state index contributed by atoms with van der Waals surface area (Å²) in [6, 6.07) is 6.43. The number of amides is 1. The SMILES string of the molecule is CCn1cc(C(=O)N2CCCC(c3[nH]ncc3-c3ccc(F)cc3)C2)c(C)n1. The molecule has 0 spiro atoms. The fourth-order valence-corrected chi connectivity index (χ4v) is 3.92. The Bertz CT molecular complexity index is 975. The Morgan fingerprint density at radius 3 is 2.82 bits per heavy atom. The van der Waals surface area contributed by atoms with E-state index in [4.69, 9.17) is 0 Å². The second-order valence-electron chi connectivity index (χ2n) is 7.28. The Balaban J connectivity index is 1.56. The molecular weight excluding hydrogens is 357 g/mol. The lowest BCUT2D eigenvalue weighted by molar-refractivity contribution is 0.0705. The number of carbonyl (C=O) groups is 1. The molecule has 1 aliphatic rings. The number of H-pyrrole nitrogens is 1. The largest absolute Gasteiger partial charge is 0.338 e. The van der Waals surface area contributed by atoms with Crippen LogP contribution < -0.4 is 0 Å². The van der Waals surface area contributed by atoms with E-state index in [1.54, 1.807) is 23.0 Å². The first-order chi connectivity index (χ1) is 13.6. The Morgan fingerprint density at radius 2 is 2.11 bits per heavy atom. The summed E-state index contributed by atoms with van der Waals surface area (Å²) < 4.78 is 15.1. The molecule has 1 amide bonds. The van der Waals surface area contributed by atoms with E-state index < -0.39 is 0 Å². The molecule has 3 heterocycles. The Hall–Kier alpha value is -2.96. The zero-order chi connectivity index (χ0) is 19.7. The molecule has 1 fully saturated rings. The molecule has 1 unspecified atom stereocenters. The van der Waals surface area contributed by atoms with Crippen molar-refractivity contribution in [3.8, 4) is 11.1 Å². The lowest BCUT2D eigenvalue weighted by Gasteiger charge is -2.32. The van der Waals surface area contributed by atoms with Crippen molar-refractivity contribution in [1.29, 1.82) is 0 Å². The molecule has 1 aromatic carbocycles. The number of aromatic nitrogens is 4. The number of rotatable bonds is 4. The van der Waals surface area contributed by atoms with Crippen LogP contribution >= 0.6 is 0 Å². The van der Waals surface area contributed by atoms with Crippen molar-refractivity contribution in [2.24, 2.45) is 0 Å². The molecule has 3 aromatic rings. The molecule has 0 bridgehead atoms. The molecule has 7 heteroatoms. The van der Waals surface area contributed by atoms with Gasteiger partial charge < -0.3 is 4.90 Å². The van der Waals surface area contributed by atoms with Crippen molar-refractivity contribution in [3.05, 3.63) is 59.4 Å². The highest BCUT2D eigenvalue weighted by atomic mass is 19.1. The van der Waals surface area contributed by atoms with Gasteiger partial charge in [-0.25, -0.2) is 4.39 Å². The molecule has 28 heavy (non-hydrogen) atoms. The number of nitrogens with one attached hydrogen (secondary N) is 1. The van der Waals surface area contributed by atoms with Crippen LogP contribution in [0.4, 0.5) is 4.39 Å². The number of hydrogen-bond acceptors (Lipinski definition) is 3. The van der Waals surface area contributed by atoms with Crippen LogP contribution in [0.5, 0.6) is 0 Å². The first-order valence-corrected chi connectivity index (χ1v) is 9.69. The monoisotopic (exact) mass is 381 g/mol. The Kier molecular flexibility index (Phi) is 4.98. The van der Waals surface area contributed by atoms with E-state index in [9.17, 15) is 9.18 Å². The number of nitrogens with zero attached hydrogens (tertiary/aromatic N) is 4. The van der Waals surface area contributed by atoms with Gasteiger partial charge in [-0.15, -0.1) is 0 Å². The number of halogens is 1. The molecule has 1 N–H and O–H groups in total. The zero-order valence-electron chi connectivity index (χ0n) is 16.2. The summed E-state index contributed by atoms with van der Waals surface area (Å²) in [5, 5.41) is 11.7. The fraction of sp³-hybridized carbons (Fsp3) is 0.381. The van der Waals surface area contributed by atoms with Crippen molar-refractivity contribution < 1.29 is 9.18 Å². The predicted molar refractivity (Wildman–Crippen MR) is 104 cm³/mol. The topological polar surface area (TPSA) is 66.8 Å². The molecule has 0 saturated carbocycles. The summed E-state index contributed by atoms with van der Waals surface area (Å²) in [4.78, 5) is 15.0. The number of piperidine rings is 1. The van der Waals surface area contributed by atoms with Gasteiger partial charge in [-0.3, -0.25) is 14.6 Å². The van der Waals surface area contributed by atoms with Gasteiger partial charge >= 0.3 is 0 Å².